The lowest BCUT2D eigenvalue weighted by molar-refractivity contribution is -0.123. The minimum atomic E-state index is -0.130. The number of carbonyl (C=O) groups excluding carboxylic acids is 1. The van der Waals surface area contributed by atoms with Crippen LogP contribution in [0.15, 0.2) is 48.5 Å². The highest BCUT2D eigenvalue weighted by atomic mass is 16.5. The molecule has 3 aromatic rings. The van der Waals surface area contributed by atoms with Crippen molar-refractivity contribution in [3.05, 3.63) is 59.9 Å². The Morgan fingerprint density at radius 1 is 1.17 bits per heavy atom. The van der Waals surface area contributed by atoms with Gasteiger partial charge < -0.3 is 14.6 Å². The zero-order valence-electron chi connectivity index (χ0n) is 14.0. The molecule has 0 spiro atoms. The summed E-state index contributed by atoms with van der Waals surface area (Å²) in [6.45, 7) is 2.57. The van der Waals surface area contributed by atoms with Crippen LogP contribution in [0.5, 0.6) is 5.75 Å². The molecule has 0 aliphatic carbocycles. The van der Waals surface area contributed by atoms with Gasteiger partial charge >= 0.3 is 0 Å². The second-order valence-corrected chi connectivity index (χ2v) is 5.78. The fraction of sp³-hybridized carbons (Fsp3) is 0.263. The van der Waals surface area contributed by atoms with Gasteiger partial charge in [0.1, 0.15) is 11.6 Å². The second-order valence-electron chi connectivity index (χ2n) is 5.78. The third-order valence-electron chi connectivity index (χ3n) is 3.94. The lowest BCUT2D eigenvalue weighted by atomic mass is 10.2. The molecule has 0 unspecified atom stereocenters. The van der Waals surface area contributed by atoms with E-state index in [2.05, 4.69) is 14.9 Å². The third kappa shape index (κ3) is 3.74. The van der Waals surface area contributed by atoms with E-state index in [1.807, 2.05) is 62.5 Å². The number of ether oxygens (including phenoxy) is 1. The summed E-state index contributed by atoms with van der Waals surface area (Å²) in [7, 11) is 1.99. The van der Waals surface area contributed by atoms with Crippen LogP contribution >= 0.6 is 0 Å². The number of carbonyl (C=O) groups is 1. The van der Waals surface area contributed by atoms with E-state index in [1.165, 1.54) is 0 Å². The molecule has 0 aliphatic rings. The number of imidazole rings is 1. The number of hydrogen-bond donors (Lipinski definition) is 1. The number of fused-ring (bicyclic) bond motifs is 1. The van der Waals surface area contributed by atoms with E-state index in [0.717, 1.165) is 22.4 Å². The summed E-state index contributed by atoms with van der Waals surface area (Å²) < 4.78 is 7.52. The van der Waals surface area contributed by atoms with Crippen LogP contribution in [0.1, 0.15) is 11.4 Å². The molecule has 2 aromatic carbocycles. The Bertz CT molecular complexity index is 837. The topological polar surface area (TPSA) is 56.1 Å². The minimum Gasteiger partial charge on any atom is -0.484 e. The maximum atomic E-state index is 11.9. The highest BCUT2D eigenvalue weighted by molar-refractivity contribution is 5.77. The summed E-state index contributed by atoms with van der Waals surface area (Å²) in [5.74, 6) is 1.52. The average molecular weight is 323 g/mol. The van der Waals surface area contributed by atoms with Crippen LogP contribution < -0.4 is 10.1 Å². The zero-order chi connectivity index (χ0) is 16.9. The molecule has 1 N–H and O–H groups in total. The van der Waals surface area contributed by atoms with E-state index in [9.17, 15) is 4.79 Å². The van der Waals surface area contributed by atoms with Crippen LogP contribution in [0.25, 0.3) is 11.0 Å². The number of benzene rings is 2. The quantitative estimate of drug-likeness (QED) is 0.759. The van der Waals surface area contributed by atoms with Crippen molar-refractivity contribution in [3.63, 3.8) is 0 Å². The van der Waals surface area contributed by atoms with Gasteiger partial charge in [0.05, 0.1) is 11.0 Å². The van der Waals surface area contributed by atoms with Crippen LogP contribution in [0.2, 0.25) is 0 Å². The van der Waals surface area contributed by atoms with Crippen molar-refractivity contribution in [3.8, 4) is 5.75 Å². The predicted molar refractivity (Wildman–Crippen MR) is 94.1 cm³/mol. The van der Waals surface area contributed by atoms with Crippen LogP contribution in [0.3, 0.4) is 0 Å². The number of rotatable bonds is 6. The van der Waals surface area contributed by atoms with Crippen LogP contribution in [-0.2, 0) is 18.3 Å². The molecule has 0 radical (unpaired) electrons. The fourth-order valence-electron chi connectivity index (χ4n) is 2.57. The van der Waals surface area contributed by atoms with Gasteiger partial charge in [-0.05, 0) is 31.2 Å². The Morgan fingerprint density at radius 3 is 2.67 bits per heavy atom. The van der Waals surface area contributed by atoms with E-state index in [0.29, 0.717) is 18.7 Å². The first-order valence-electron chi connectivity index (χ1n) is 8.00. The van der Waals surface area contributed by atoms with Crippen molar-refractivity contribution in [2.75, 3.05) is 13.2 Å². The number of amides is 1. The molecule has 1 aromatic heterocycles. The number of aromatic nitrogens is 2. The van der Waals surface area contributed by atoms with Crippen molar-refractivity contribution in [2.45, 2.75) is 13.3 Å². The first kappa shape index (κ1) is 16.1. The number of hydrogen-bond acceptors (Lipinski definition) is 3. The van der Waals surface area contributed by atoms with Crippen LogP contribution in [-0.4, -0.2) is 28.6 Å². The lowest BCUT2D eigenvalue weighted by Gasteiger charge is -2.08. The Labute approximate surface area is 141 Å². The monoisotopic (exact) mass is 323 g/mol. The largest absolute Gasteiger partial charge is 0.484 e. The number of aryl methyl sites for hydroxylation is 2. The number of nitrogens with zero attached hydrogens (tertiary/aromatic N) is 2. The van der Waals surface area contributed by atoms with Crippen LogP contribution in [0, 0.1) is 6.92 Å². The molecule has 0 fully saturated rings. The van der Waals surface area contributed by atoms with Crippen molar-refractivity contribution >= 4 is 16.9 Å². The van der Waals surface area contributed by atoms with Gasteiger partial charge in [0.25, 0.3) is 5.91 Å². The van der Waals surface area contributed by atoms with E-state index < -0.39 is 0 Å². The Kier molecular flexibility index (Phi) is 4.79. The Morgan fingerprint density at radius 2 is 1.92 bits per heavy atom. The highest BCUT2D eigenvalue weighted by Gasteiger charge is 2.08. The van der Waals surface area contributed by atoms with Crippen molar-refractivity contribution in [1.82, 2.24) is 14.9 Å². The molecule has 0 bridgehead atoms. The van der Waals surface area contributed by atoms with Crippen LogP contribution in [0.4, 0.5) is 0 Å². The molecular formula is C19H21N3O2. The molecular weight excluding hydrogens is 302 g/mol. The first-order valence-corrected chi connectivity index (χ1v) is 8.00. The molecule has 1 amide bonds. The van der Waals surface area contributed by atoms with Gasteiger partial charge in [-0.1, -0.05) is 29.8 Å². The first-order chi connectivity index (χ1) is 11.6. The Hall–Kier alpha value is -2.82. The van der Waals surface area contributed by atoms with Gasteiger partial charge in [-0.2, -0.15) is 0 Å². The SMILES string of the molecule is Cc1ccc(OCC(=O)NCCc2nc3ccccc3n2C)cc1. The van der Waals surface area contributed by atoms with E-state index in [-0.39, 0.29) is 12.5 Å². The molecule has 24 heavy (non-hydrogen) atoms. The normalized spacial score (nSPS) is 10.8. The van der Waals surface area contributed by atoms with Crippen molar-refractivity contribution < 1.29 is 9.53 Å². The molecule has 5 nitrogen and oxygen atoms in total. The van der Waals surface area contributed by atoms with Gasteiger partial charge in [0.2, 0.25) is 0 Å². The smallest absolute Gasteiger partial charge is 0.257 e. The molecule has 5 heteroatoms. The fourth-order valence-corrected chi connectivity index (χ4v) is 2.57. The standard InChI is InChI=1S/C19H21N3O2/c1-14-7-9-15(10-8-14)24-13-19(23)20-12-11-18-21-16-5-3-4-6-17(16)22(18)2/h3-10H,11-13H2,1-2H3,(H,20,23). The number of nitrogens with one attached hydrogen (secondary N) is 1. The molecule has 0 atom stereocenters. The predicted octanol–water partition coefficient (Wildman–Crippen LogP) is 2.62. The summed E-state index contributed by atoms with van der Waals surface area (Å²) >= 11 is 0. The molecule has 3 rings (SSSR count). The van der Waals surface area contributed by atoms with Gasteiger partial charge in [-0.25, -0.2) is 4.98 Å². The lowest BCUT2D eigenvalue weighted by Crippen LogP contribution is -2.31. The highest BCUT2D eigenvalue weighted by Crippen LogP contribution is 2.14. The Balaban J connectivity index is 1.47. The summed E-state index contributed by atoms with van der Waals surface area (Å²) in [6, 6.07) is 15.6. The van der Waals surface area contributed by atoms with E-state index in [4.69, 9.17) is 4.74 Å². The summed E-state index contributed by atoms with van der Waals surface area (Å²) in [5.41, 5.74) is 3.24. The molecule has 0 saturated carbocycles. The van der Waals surface area contributed by atoms with Crippen molar-refractivity contribution in [2.24, 2.45) is 7.05 Å². The maximum Gasteiger partial charge on any atom is 0.257 e. The molecule has 0 aliphatic heterocycles. The summed E-state index contributed by atoms with van der Waals surface area (Å²) in [6.07, 6.45) is 0.682. The maximum absolute atomic E-state index is 11.9. The second kappa shape index (κ2) is 7.17. The summed E-state index contributed by atoms with van der Waals surface area (Å²) in [4.78, 5) is 16.5. The minimum absolute atomic E-state index is 0.0194. The van der Waals surface area contributed by atoms with E-state index >= 15 is 0 Å². The van der Waals surface area contributed by atoms with E-state index in [1.54, 1.807) is 0 Å². The summed E-state index contributed by atoms with van der Waals surface area (Å²) in [5, 5.41) is 2.87. The molecule has 0 saturated heterocycles. The molecule has 1 heterocycles. The van der Waals surface area contributed by atoms with Crippen molar-refractivity contribution in [1.29, 1.82) is 0 Å². The van der Waals surface area contributed by atoms with Gasteiger partial charge in [-0.15, -0.1) is 0 Å². The van der Waals surface area contributed by atoms with Gasteiger partial charge in [-0.3, -0.25) is 4.79 Å². The third-order valence-corrected chi connectivity index (χ3v) is 3.94. The number of para-hydroxylation sites is 2. The van der Waals surface area contributed by atoms with Gasteiger partial charge in [0.15, 0.2) is 6.61 Å². The zero-order valence-corrected chi connectivity index (χ0v) is 14.0. The van der Waals surface area contributed by atoms with Gasteiger partial charge in [0, 0.05) is 20.0 Å². The molecule has 124 valence electrons. The average Bonchev–Trinajstić information content (AvgIpc) is 2.91.